The van der Waals surface area contributed by atoms with Crippen LogP contribution in [0.5, 0.6) is 0 Å². The number of ether oxygens (including phenoxy) is 1. The third kappa shape index (κ3) is 3.92. The van der Waals surface area contributed by atoms with Gasteiger partial charge in [-0.1, -0.05) is 72.0 Å². The Bertz CT molecular complexity index is 1390. The van der Waals surface area contributed by atoms with E-state index in [1.165, 1.54) is 27.7 Å². The Balaban J connectivity index is 1.33. The van der Waals surface area contributed by atoms with Crippen LogP contribution < -0.4 is 10.4 Å². The Hall–Kier alpha value is -3.73. The largest absolute Gasteiger partial charge is 0.375 e. The fourth-order valence-corrected chi connectivity index (χ4v) is 5.36. The number of carbonyl (C=O) groups excluding carboxylic acids is 1. The van der Waals surface area contributed by atoms with Crippen molar-refractivity contribution in [3.05, 3.63) is 82.2 Å². The van der Waals surface area contributed by atoms with Crippen LogP contribution in [0.25, 0.3) is 11.3 Å². The SMILES string of the molecule is O=C1/C(=N\Nc2nc3c(s2)COCC3)C(c2ccccc2)=NN1c1nc(-c2ccccc2)cs1. The zero-order chi connectivity index (χ0) is 22.9. The van der Waals surface area contributed by atoms with Crippen molar-refractivity contribution in [3.8, 4) is 11.3 Å². The Morgan fingerprint density at radius 1 is 1.00 bits per heavy atom. The van der Waals surface area contributed by atoms with E-state index in [-0.39, 0.29) is 11.6 Å². The van der Waals surface area contributed by atoms with Gasteiger partial charge in [0.2, 0.25) is 10.3 Å². The predicted octanol–water partition coefficient (Wildman–Crippen LogP) is 4.56. The summed E-state index contributed by atoms with van der Waals surface area (Å²) in [7, 11) is 0. The van der Waals surface area contributed by atoms with Gasteiger partial charge < -0.3 is 4.74 Å². The number of aromatic nitrogens is 2. The fraction of sp³-hybridized carbons (Fsp3) is 0.125. The minimum Gasteiger partial charge on any atom is -0.375 e. The monoisotopic (exact) mass is 486 g/mol. The average molecular weight is 487 g/mol. The van der Waals surface area contributed by atoms with Gasteiger partial charge in [-0.3, -0.25) is 10.2 Å². The number of benzene rings is 2. The molecule has 0 aliphatic carbocycles. The highest BCUT2D eigenvalue weighted by Crippen LogP contribution is 2.31. The highest BCUT2D eigenvalue weighted by molar-refractivity contribution is 7.15. The van der Waals surface area contributed by atoms with Gasteiger partial charge in [-0.25, -0.2) is 9.97 Å². The molecule has 4 aromatic rings. The second-order valence-electron chi connectivity index (χ2n) is 7.58. The minimum absolute atomic E-state index is 0.215. The molecule has 8 nitrogen and oxygen atoms in total. The third-order valence-corrected chi connectivity index (χ3v) is 7.16. The summed E-state index contributed by atoms with van der Waals surface area (Å²) >= 11 is 2.85. The smallest absolute Gasteiger partial charge is 0.303 e. The zero-order valence-electron chi connectivity index (χ0n) is 17.8. The van der Waals surface area contributed by atoms with E-state index in [1.54, 1.807) is 0 Å². The van der Waals surface area contributed by atoms with E-state index >= 15 is 0 Å². The lowest BCUT2D eigenvalue weighted by Gasteiger charge is -2.08. The lowest BCUT2D eigenvalue weighted by Crippen LogP contribution is -2.28. The number of hydrogen-bond donors (Lipinski definition) is 1. The van der Waals surface area contributed by atoms with Gasteiger partial charge in [0.25, 0.3) is 0 Å². The predicted molar refractivity (Wildman–Crippen MR) is 135 cm³/mol. The summed E-state index contributed by atoms with van der Waals surface area (Å²) in [5.74, 6) is -0.343. The van der Waals surface area contributed by atoms with Crippen LogP contribution in [0.4, 0.5) is 10.3 Å². The molecule has 0 saturated heterocycles. The maximum atomic E-state index is 13.4. The van der Waals surface area contributed by atoms with Crippen molar-refractivity contribution >= 4 is 50.3 Å². The number of carbonyl (C=O) groups is 1. The van der Waals surface area contributed by atoms with E-state index < -0.39 is 0 Å². The van der Waals surface area contributed by atoms with Crippen LogP contribution in [-0.4, -0.2) is 33.9 Å². The lowest BCUT2D eigenvalue weighted by atomic mass is 10.1. The zero-order valence-corrected chi connectivity index (χ0v) is 19.5. The van der Waals surface area contributed by atoms with Gasteiger partial charge in [-0.15, -0.1) is 11.3 Å². The van der Waals surface area contributed by atoms with Gasteiger partial charge in [0.05, 0.1) is 29.5 Å². The molecule has 10 heteroatoms. The molecule has 0 radical (unpaired) electrons. The highest BCUT2D eigenvalue weighted by atomic mass is 32.1. The maximum absolute atomic E-state index is 13.4. The molecule has 2 aliphatic heterocycles. The standard InChI is InChI=1S/C24H18N6O2S2/c31-22-21(27-28-23-25-17-11-12-32-13-19(17)34-23)20(16-9-5-2-6-10-16)29-30(22)24-26-18(14-33-24)15-7-3-1-4-8-15/h1-10,14H,11-13H2,(H,25,28)/b27-21-. The molecule has 34 heavy (non-hydrogen) atoms. The molecule has 168 valence electrons. The molecule has 1 N–H and O–H groups in total. The molecule has 2 aromatic carbocycles. The van der Waals surface area contributed by atoms with E-state index in [0.717, 1.165) is 33.8 Å². The van der Waals surface area contributed by atoms with Gasteiger partial charge >= 0.3 is 5.91 Å². The number of anilines is 2. The Morgan fingerprint density at radius 3 is 2.53 bits per heavy atom. The first kappa shape index (κ1) is 20.8. The first-order chi connectivity index (χ1) is 16.8. The Morgan fingerprint density at radius 2 is 1.76 bits per heavy atom. The molecular weight excluding hydrogens is 468 g/mol. The van der Waals surface area contributed by atoms with Crippen LogP contribution >= 0.6 is 22.7 Å². The van der Waals surface area contributed by atoms with Crippen LogP contribution in [-0.2, 0) is 22.6 Å². The van der Waals surface area contributed by atoms with Crippen molar-refractivity contribution in [2.24, 2.45) is 10.2 Å². The van der Waals surface area contributed by atoms with E-state index in [4.69, 9.17) is 4.74 Å². The molecule has 0 spiro atoms. The summed E-state index contributed by atoms with van der Waals surface area (Å²) in [4.78, 5) is 23.8. The van der Waals surface area contributed by atoms with Crippen LogP contribution in [0.2, 0.25) is 0 Å². The topological polar surface area (TPSA) is 92.1 Å². The maximum Gasteiger partial charge on any atom is 0.303 e. The van der Waals surface area contributed by atoms with Gasteiger partial charge in [0, 0.05) is 22.9 Å². The quantitative estimate of drug-likeness (QED) is 0.418. The average Bonchev–Trinajstić information content (AvgIpc) is 3.61. The summed E-state index contributed by atoms with van der Waals surface area (Å²) in [5, 5.41) is 13.4. The number of nitrogens with zero attached hydrogens (tertiary/aromatic N) is 5. The number of hydrogen-bond acceptors (Lipinski definition) is 9. The van der Waals surface area contributed by atoms with Crippen molar-refractivity contribution in [2.45, 2.75) is 13.0 Å². The molecule has 0 saturated carbocycles. The van der Waals surface area contributed by atoms with Crippen molar-refractivity contribution in [1.82, 2.24) is 9.97 Å². The minimum atomic E-state index is -0.343. The van der Waals surface area contributed by atoms with E-state index in [0.29, 0.717) is 29.2 Å². The summed E-state index contributed by atoms with van der Waals surface area (Å²) in [5.41, 5.74) is 7.27. The summed E-state index contributed by atoms with van der Waals surface area (Å²) in [6.45, 7) is 1.23. The Kier molecular flexibility index (Phi) is 5.46. The van der Waals surface area contributed by atoms with Crippen molar-refractivity contribution < 1.29 is 9.53 Å². The second kappa shape index (κ2) is 8.90. The Labute approximate surface area is 203 Å². The molecule has 0 unspecified atom stereocenters. The van der Waals surface area contributed by atoms with Crippen molar-refractivity contribution in [2.75, 3.05) is 17.0 Å². The fourth-order valence-electron chi connectivity index (χ4n) is 3.70. The molecule has 2 aliphatic rings. The third-order valence-electron chi connectivity index (χ3n) is 5.37. The number of nitrogens with one attached hydrogen (secondary N) is 1. The van der Waals surface area contributed by atoms with Crippen LogP contribution in [0, 0.1) is 0 Å². The van der Waals surface area contributed by atoms with E-state index in [2.05, 4.69) is 25.6 Å². The number of rotatable bonds is 5. The van der Waals surface area contributed by atoms with E-state index in [9.17, 15) is 4.79 Å². The van der Waals surface area contributed by atoms with Crippen LogP contribution in [0.3, 0.4) is 0 Å². The molecule has 2 aromatic heterocycles. The van der Waals surface area contributed by atoms with E-state index in [1.807, 2.05) is 66.0 Å². The summed E-state index contributed by atoms with van der Waals surface area (Å²) < 4.78 is 5.50. The number of fused-ring (bicyclic) bond motifs is 1. The van der Waals surface area contributed by atoms with Crippen LogP contribution in [0.1, 0.15) is 16.1 Å². The normalized spacial score (nSPS) is 16.6. The number of thiazole rings is 2. The highest BCUT2D eigenvalue weighted by Gasteiger charge is 2.36. The number of amides is 1. The van der Waals surface area contributed by atoms with Gasteiger partial charge in [0.15, 0.2) is 5.71 Å². The molecular formula is C24H18N6O2S2. The molecule has 1 amide bonds. The van der Waals surface area contributed by atoms with Crippen molar-refractivity contribution in [3.63, 3.8) is 0 Å². The molecule has 0 bridgehead atoms. The molecule has 0 fully saturated rings. The van der Waals surface area contributed by atoms with Crippen molar-refractivity contribution in [1.29, 1.82) is 0 Å². The first-order valence-corrected chi connectivity index (χ1v) is 12.4. The molecule has 0 atom stereocenters. The molecule has 4 heterocycles. The van der Waals surface area contributed by atoms with Gasteiger partial charge in [0.1, 0.15) is 5.71 Å². The van der Waals surface area contributed by atoms with Gasteiger partial charge in [-0.05, 0) is 0 Å². The number of hydrazone groups is 2. The summed E-state index contributed by atoms with van der Waals surface area (Å²) in [6, 6.07) is 19.4. The van der Waals surface area contributed by atoms with Crippen LogP contribution in [0.15, 0.2) is 76.2 Å². The van der Waals surface area contributed by atoms with Gasteiger partial charge in [-0.2, -0.15) is 15.2 Å². The second-order valence-corrected chi connectivity index (χ2v) is 9.50. The molecule has 6 rings (SSSR count). The first-order valence-electron chi connectivity index (χ1n) is 10.7. The lowest BCUT2D eigenvalue weighted by molar-refractivity contribution is -0.112. The summed E-state index contributed by atoms with van der Waals surface area (Å²) in [6.07, 6.45) is 0.779.